The molecule has 0 aliphatic carbocycles. The Morgan fingerprint density at radius 1 is 1.55 bits per heavy atom. The predicted octanol–water partition coefficient (Wildman–Crippen LogP) is 2.45. The molecule has 0 aromatic heterocycles. The van der Waals surface area contributed by atoms with E-state index < -0.39 is 0 Å². The molecule has 0 saturated heterocycles. The van der Waals surface area contributed by atoms with E-state index in [1.807, 2.05) is 13.0 Å². The van der Waals surface area contributed by atoms with Gasteiger partial charge in [0.15, 0.2) is 0 Å². The molecular formula is C10H16O. The minimum Gasteiger partial charge on any atom is -0.393 e. The smallest absolute Gasteiger partial charge is 0.0577 e. The van der Waals surface area contributed by atoms with E-state index in [-0.39, 0.29) is 6.10 Å². The zero-order chi connectivity index (χ0) is 8.69. The first-order valence-corrected chi connectivity index (χ1v) is 3.86. The van der Waals surface area contributed by atoms with Gasteiger partial charge in [-0.3, -0.25) is 0 Å². The van der Waals surface area contributed by atoms with Crippen LogP contribution in [0.25, 0.3) is 0 Å². The number of aliphatic hydroxyl groups is 1. The Balaban J connectivity index is 3.97. The predicted molar refractivity (Wildman–Crippen MR) is 49.4 cm³/mol. The first-order valence-electron chi connectivity index (χ1n) is 3.86. The fourth-order valence-corrected chi connectivity index (χ4v) is 0.787. The van der Waals surface area contributed by atoms with E-state index in [0.717, 1.165) is 12.0 Å². The third kappa shape index (κ3) is 4.57. The topological polar surface area (TPSA) is 20.2 Å². The summed E-state index contributed by atoms with van der Waals surface area (Å²) in [5, 5.41) is 9.26. The highest BCUT2D eigenvalue weighted by molar-refractivity contribution is 5.21. The van der Waals surface area contributed by atoms with Crippen molar-refractivity contribution in [1.29, 1.82) is 0 Å². The molecule has 0 saturated carbocycles. The van der Waals surface area contributed by atoms with Gasteiger partial charge < -0.3 is 5.11 Å². The van der Waals surface area contributed by atoms with E-state index in [9.17, 15) is 5.11 Å². The fraction of sp³-hybridized carbons (Fsp3) is 0.400. The molecular weight excluding hydrogens is 136 g/mol. The van der Waals surface area contributed by atoms with Gasteiger partial charge in [-0.15, -0.1) is 0 Å². The van der Waals surface area contributed by atoms with Crippen molar-refractivity contribution in [1.82, 2.24) is 0 Å². The van der Waals surface area contributed by atoms with Gasteiger partial charge in [-0.1, -0.05) is 38.3 Å². The second-order valence-corrected chi connectivity index (χ2v) is 2.45. The molecule has 1 atom stereocenters. The Morgan fingerprint density at radius 2 is 2.18 bits per heavy atom. The summed E-state index contributed by atoms with van der Waals surface area (Å²) in [6.45, 7) is 9.17. The second kappa shape index (κ2) is 5.93. The highest BCUT2D eigenvalue weighted by atomic mass is 16.3. The Bertz CT molecular complexity index is 156. The molecule has 0 aliphatic heterocycles. The van der Waals surface area contributed by atoms with Crippen molar-refractivity contribution in [3.05, 3.63) is 37.0 Å². The Labute approximate surface area is 68.7 Å². The molecule has 0 radical (unpaired) electrons. The van der Waals surface area contributed by atoms with Crippen LogP contribution in [0.1, 0.15) is 19.8 Å². The molecule has 0 aliphatic rings. The fourth-order valence-electron chi connectivity index (χ4n) is 0.787. The number of rotatable bonds is 5. The van der Waals surface area contributed by atoms with Crippen LogP contribution in [0.15, 0.2) is 37.0 Å². The molecule has 0 bridgehead atoms. The lowest BCUT2D eigenvalue weighted by molar-refractivity contribution is 0.171. The monoisotopic (exact) mass is 152 g/mol. The number of allylic oxidation sites excluding steroid dienone is 3. The van der Waals surface area contributed by atoms with Crippen LogP contribution in [-0.4, -0.2) is 11.2 Å². The summed E-state index contributed by atoms with van der Waals surface area (Å²) >= 11 is 0. The number of hydrogen-bond donors (Lipinski definition) is 1. The highest BCUT2D eigenvalue weighted by Crippen LogP contribution is 2.08. The summed E-state index contributed by atoms with van der Waals surface area (Å²) < 4.78 is 0. The summed E-state index contributed by atoms with van der Waals surface area (Å²) in [6, 6.07) is 0. The van der Waals surface area contributed by atoms with E-state index >= 15 is 0 Å². The third-order valence-electron chi connectivity index (χ3n) is 1.54. The maximum absolute atomic E-state index is 9.26. The van der Waals surface area contributed by atoms with Crippen molar-refractivity contribution in [2.24, 2.45) is 0 Å². The molecule has 0 heterocycles. The Hall–Kier alpha value is -0.820. The molecule has 1 heteroatoms. The minimum atomic E-state index is -0.251. The SMILES string of the molecule is C=C/C=C(\C=C)CC(O)CC. The summed E-state index contributed by atoms with van der Waals surface area (Å²) in [5.74, 6) is 0. The van der Waals surface area contributed by atoms with Gasteiger partial charge in [-0.05, 0) is 18.4 Å². The Morgan fingerprint density at radius 3 is 2.55 bits per heavy atom. The minimum absolute atomic E-state index is 0.251. The molecule has 1 N–H and O–H groups in total. The normalized spacial score (nSPS) is 14.2. The van der Waals surface area contributed by atoms with Crippen LogP contribution in [0.5, 0.6) is 0 Å². The molecule has 0 aromatic rings. The van der Waals surface area contributed by atoms with Gasteiger partial charge in [0, 0.05) is 0 Å². The van der Waals surface area contributed by atoms with E-state index in [1.165, 1.54) is 0 Å². The van der Waals surface area contributed by atoms with Crippen LogP contribution in [0.4, 0.5) is 0 Å². The standard InChI is InChI=1S/C10H16O/c1-4-7-9(5-2)8-10(11)6-3/h4-5,7,10-11H,1-2,6,8H2,3H3/b9-7+. The van der Waals surface area contributed by atoms with Gasteiger partial charge in [0.05, 0.1) is 6.10 Å². The van der Waals surface area contributed by atoms with Gasteiger partial charge >= 0.3 is 0 Å². The summed E-state index contributed by atoms with van der Waals surface area (Å²) in [4.78, 5) is 0. The first-order chi connectivity index (χ1) is 5.24. The van der Waals surface area contributed by atoms with E-state index in [4.69, 9.17) is 0 Å². The third-order valence-corrected chi connectivity index (χ3v) is 1.54. The van der Waals surface area contributed by atoms with Crippen LogP contribution in [-0.2, 0) is 0 Å². The average Bonchev–Trinajstić information content (AvgIpc) is 2.03. The number of hydrogen-bond acceptors (Lipinski definition) is 1. The maximum atomic E-state index is 9.26. The van der Waals surface area contributed by atoms with Crippen molar-refractivity contribution >= 4 is 0 Å². The maximum Gasteiger partial charge on any atom is 0.0577 e. The number of aliphatic hydroxyl groups excluding tert-OH is 1. The molecule has 0 spiro atoms. The molecule has 0 amide bonds. The van der Waals surface area contributed by atoms with Crippen molar-refractivity contribution in [3.8, 4) is 0 Å². The van der Waals surface area contributed by atoms with Crippen LogP contribution >= 0.6 is 0 Å². The highest BCUT2D eigenvalue weighted by Gasteiger charge is 2.00. The molecule has 62 valence electrons. The second-order valence-electron chi connectivity index (χ2n) is 2.45. The van der Waals surface area contributed by atoms with Crippen molar-refractivity contribution in [2.75, 3.05) is 0 Å². The average molecular weight is 152 g/mol. The van der Waals surface area contributed by atoms with Crippen LogP contribution in [0.3, 0.4) is 0 Å². The molecule has 11 heavy (non-hydrogen) atoms. The van der Waals surface area contributed by atoms with Crippen LogP contribution in [0, 0.1) is 0 Å². The van der Waals surface area contributed by atoms with E-state index in [2.05, 4.69) is 13.2 Å². The van der Waals surface area contributed by atoms with Gasteiger partial charge in [-0.25, -0.2) is 0 Å². The van der Waals surface area contributed by atoms with Crippen molar-refractivity contribution < 1.29 is 5.11 Å². The van der Waals surface area contributed by atoms with Gasteiger partial charge in [0.1, 0.15) is 0 Å². The van der Waals surface area contributed by atoms with Gasteiger partial charge in [0.25, 0.3) is 0 Å². The zero-order valence-electron chi connectivity index (χ0n) is 7.09. The lowest BCUT2D eigenvalue weighted by atomic mass is 10.1. The molecule has 1 nitrogen and oxygen atoms in total. The van der Waals surface area contributed by atoms with Crippen molar-refractivity contribution in [3.63, 3.8) is 0 Å². The van der Waals surface area contributed by atoms with Crippen LogP contribution in [0.2, 0.25) is 0 Å². The quantitative estimate of drug-likeness (QED) is 0.600. The zero-order valence-corrected chi connectivity index (χ0v) is 7.09. The largest absolute Gasteiger partial charge is 0.393 e. The van der Waals surface area contributed by atoms with Crippen molar-refractivity contribution in [2.45, 2.75) is 25.9 Å². The lowest BCUT2D eigenvalue weighted by Crippen LogP contribution is -2.04. The molecule has 0 fully saturated rings. The first kappa shape index (κ1) is 10.2. The Kier molecular flexibility index (Phi) is 5.49. The summed E-state index contributed by atoms with van der Waals surface area (Å²) in [5.41, 5.74) is 1.04. The molecule has 0 aromatic carbocycles. The molecule has 1 unspecified atom stereocenters. The van der Waals surface area contributed by atoms with E-state index in [0.29, 0.717) is 6.42 Å². The summed E-state index contributed by atoms with van der Waals surface area (Å²) in [7, 11) is 0. The molecule has 0 rings (SSSR count). The van der Waals surface area contributed by atoms with Crippen LogP contribution < -0.4 is 0 Å². The summed E-state index contributed by atoms with van der Waals surface area (Å²) in [6.07, 6.45) is 6.53. The van der Waals surface area contributed by atoms with Gasteiger partial charge in [0.2, 0.25) is 0 Å². The lowest BCUT2D eigenvalue weighted by Gasteiger charge is -2.06. The van der Waals surface area contributed by atoms with Gasteiger partial charge in [-0.2, -0.15) is 0 Å². The van der Waals surface area contributed by atoms with E-state index in [1.54, 1.807) is 12.2 Å².